The molecule has 0 saturated carbocycles. The first-order valence-electron chi connectivity index (χ1n) is 9.03. The monoisotopic (exact) mass is 404 g/mol. The fraction of sp³-hybridized carbons (Fsp3) is 0.750. The number of aromatic amines is 1. The summed E-state index contributed by atoms with van der Waals surface area (Å²) in [6, 6.07) is 0. The van der Waals surface area contributed by atoms with Crippen molar-refractivity contribution in [1.29, 1.82) is 0 Å². The number of hydrogen-bond acceptors (Lipinski definition) is 6. The molecule has 0 aromatic carbocycles. The molecule has 0 radical (unpaired) electrons. The summed E-state index contributed by atoms with van der Waals surface area (Å²) in [5, 5.41) is 0. The Hall–Kier alpha value is -1.05. The van der Waals surface area contributed by atoms with E-state index in [1.807, 2.05) is 20.8 Å². The molecule has 0 bridgehead atoms. The second kappa shape index (κ2) is 11.6. The van der Waals surface area contributed by atoms with Gasteiger partial charge in [-0.1, -0.05) is 20.8 Å². The van der Waals surface area contributed by atoms with Crippen LogP contribution in [0.3, 0.4) is 0 Å². The fourth-order valence-electron chi connectivity index (χ4n) is 2.50. The third-order valence-corrected chi connectivity index (χ3v) is 5.29. The van der Waals surface area contributed by atoms with Gasteiger partial charge in [-0.2, -0.15) is 0 Å². The highest BCUT2D eigenvalue weighted by Gasteiger charge is 2.25. The molecule has 0 spiro atoms. The van der Waals surface area contributed by atoms with E-state index >= 15 is 0 Å². The highest BCUT2D eigenvalue weighted by atomic mass is 28.2. The second-order valence-corrected chi connectivity index (χ2v) is 7.26. The molecular weight excluding hydrogens is 372 g/mol. The lowest BCUT2D eigenvalue weighted by Gasteiger charge is -2.31. The molecule has 0 aliphatic heterocycles. The van der Waals surface area contributed by atoms with Crippen LogP contribution in [0.5, 0.6) is 0 Å². The molecule has 0 amide bonds. The van der Waals surface area contributed by atoms with Gasteiger partial charge < -0.3 is 22.9 Å². The maximum absolute atomic E-state index is 11.9. The zero-order valence-electron chi connectivity index (χ0n) is 16.6. The first-order valence-corrected chi connectivity index (χ1v) is 10.7. The van der Waals surface area contributed by atoms with Crippen LogP contribution in [0.15, 0.2) is 15.8 Å². The third-order valence-electron chi connectivity index (χ3n) is 4.24. The van der Waals surface area contributed by atoms with Crippen molar-refractivity contribution in [1.82, 2.24) is 9.55 Å². The van der Waals surface area contributed by atoms with Gasteiger partial charge in [0.25, 0.3) is 5.56 Å². The Kier molecular flexibility index (Phi) is 10.3. The lowest BCUT2D eigenvalue weighted by molar-refractivity contribution is -0.281. The largest absolute Gasteiger partial charge is 0.404 e. The summed E-state index contributed by atoms with van der Waals surface area (Å²) in [6.07, 6.45) is 2.58. The van der Waals surface area contributed by atoms with Crippen LogP contribution in [-0.2, 0) is 24.9 Å². The van der Waals surface area contributed by atoms with Crippen LogP contribution in [-0.4, -0.2) is 49.4 Å². The first kappa shape index (κ1) is 23.0. The van der Waals surface area contributed by atoms with Crippen LogP contribution in [0.2, 0.25) is 0 Å². The Morgan fingerprint density at radius 1 is 1.12 bits per heavy atom. The highest BCUT2D eigenvalue weighted by molar-refractivity contribution is 5.98. The van der Waals surface area contributed by atoms with E-state index in [0.717, 1.165) is 12.8 Å². The number of H-pyrrole nitrogens is 1. The van der Waals surface area contributed by atoms with E-state index in [9.17, 15) is 9.59 Å². The van der Waals surface area contributed by atoms with Crippen molar-refractivity contribution >= 4 is 21.0 Å². The molecule has 1 rings (SSSR count). The summed E-state index contributed by atoms with van der Waals surface area (Å²) in [5.74, 6) is 0.00543. The van der Waals surface area contributed by atoms with Crippen molar-refractivity contribution in [3.63, 3.8) is 0 Å². The van der Waals surface area contributed by atoms with Gasteiger partial charge in [0.1, 0.15) is 33.6 Å². The fourth-order valence-corrected chi connectivity index (χ4v) is 3.39. The van der Waals surface area contributed by atoms with E-state index in [2.05, 4.69) is 4.98 Å². The predicted octanol–water partition coefficient (Wildman–Crippen LogP) is -0.703. The van der Waals surface area contributed by atoms with E-state index in [0.29, 0.717) is 39.5 Å². The molecule has 1 heterocycles. The minimum atomic E-state index is -0.493. The third kappa shape index (κ3) is 6.93. The van der Waals surface area contributed by atoms with Crippen LogP contribution in [0.25, 0.3) is 0 Å². The van der Waals surface area contributed by atoms with Gasteiger partial charge in [-0.25, -0.2) is 4.79 Å². The molecule has 0 fully saturated rings. The molecule has 0 aliphatic carbocycles. The maximum Gasteiger partial charge on any atom is 0.328 e. The minimum absolute atomic E-state index is 0.00543. The van der Waals surface area contributed by atoms with Crippen LogP contribution < -0.4 is 11.2 Å². The van der Waals surface area contributed by atoms with E-state index < -0.39 is 12.0 Å². The molecule has 26 heavy (non-hydrogen) atoms. The van der Waals surface area contributed by atoms with Crippen molar-refractivity contribution in [2.45, 2.75) is 72.4 Å². The van der Waals surface area contributed by atoms with E-state index in [4.69, 9.17) is 18.3 Å². The van der Waals surface area contributed by atoms with Crippen LogP contribution >= 0.6 is 0 Å². The SMILES string of the molecule is CCC(O[SiH3])OC(OC(CC)O[SiH3])C(C)CCn1cc(C)c(=O)[nH]c1=O. The zero-order valence-corrected chi connectivity index (χ0v) is 20.6. The molecule has 150 valence electrons. The number of nitrogens with zero attached hydrogens (tertiary/aromatic N) is 1. The van der Waals surface area contributed by atoms with Gasteiger partial charge in [0.15, 0.2) is 6.29 Å². The summed E-state index contributed by atoms with van der Waals surface area (Å²) in [6.45, 7) is 8.13. The van der Waals surface area contributed by atoms with Gasteiger partial charge in [-0.05, 0) is 26.2 Å². The number of aryl methyl sites for hydroxylation is 2. The molecule has 10 heteroatoms. The molecule has 1 N–H and O–H groups in total. The van der Waals surface area contributed by atoms with E-state index in [-0.39, 0.29) is 24.1 Å². The molecule has 3 atom stereocenters. The molecule has 0 saturated heterocycles. The van der Waals surface area contributed by atoms with Crippen molar-refractivity contribution in [2.24, 2.45) is 5.92 Å². The van der Waals surface area contributed by atoms with E-state index in [1.165, 1.54) is 4.57 Å². The second-order valence-electron chi connectivity index (χ2n) is 6.32. The van der Waals surface area contributed by atoms with Crippen molar-refractivity contribution in [3.8, 4) is 0 Å². The summed E-state index contributed by atoms with van der Waals surface area (Å²) in [5.41, 5.74) is -0.254. The Morgan fingerprint density at radius 2 is 1.65 bits per heavy atom. The summed E-state index contributed by atoms with van der Waals surface area (Å²) in [4.78, 5) is 25.7. The smallest absolute Gasteiger partial charge is 0.328 e. The van der Waals surface area contributed by atoms with Crippen molar-refractivity contribution < 1.29 is 18.3 Å². The van der Waals surface area contributed by atoms with Crippen molar-refractivity contribution in [2.75, 3.05) is 0 Å². The maximum atomic E-state index is 11.9. The number of hydrogen-bond donors (Lipinski definition) is 1. The zero-order chi connectivity index (χ0) is 19.7. The van der Waals surface area contributed by atoms with Crippen molar-refractivity contribution in [3.05, 3.63) is 32.6 Å². The van der Waals surface area contributed by atoms with Gasteiger partial charge in [0.2, 0.25) is 0 Å². The van der Waals surface area contributed by atoms with Crippen LogP contribution in [0, 0.1) is 12.8 Å². The van der Waals surface area contributed by atoms with Crippen LogP contribution in [0.1, 0.15) is 45.6 Å². The van der Waals surface area contributed by atoms with Crippen LogP contribution in [0.4, 0.5) is 0 Å². The first-order chi connectivity index (χ1) is 12.4. The topological polar surface area (TPSA) is 91.8 Å². The normalized spacial score (nSPS) is 16.5. The standard InChI is InChI=1S/C16H32N2O6Si2/c1-5-12(23-25)21-15(22-13(6-2)24-26)10(3)7-8-18-9-11(4)14(19)17-16(18)20/h9-10,12-13,15H,5-8H2,1-4,25-26H3,(H,17,19,20). The Morgan fingerprint density at radius 3 is 2.12 bits per heavy atom. The molecule has 1 aromatic rings. The molecule has 0 aliphatic rings. The van der Waals surface area contributed by atoms with Gasteiger partial charge in [0, 0.05) is 24.2 Å². The Balaban J connectivity index is 2.83. The lowest BCUT2D eigenvalue weighted by Crippen LogP contribution is -2.36. The average molecular weight is 405 g/mol. The number of ether oxygens (including phenoxy) is 2. The molecule has 1 aromatic heterocycles. The molecule has 3 unspecified atom stereocenters. The lowest BCUT2D eigenvalue weighted by atomic mass is 10.1. The molecule has 8 nitrogen and oxygen atoms in total. The van der Waals surface area contributed by atoms with Gasteiger partial charge >= 0.3 is 5.69 Å². The minimum Gasteiger partial charge on any atom is -0.404 e. The van der Waals surface area contributed by atoms with E-state index in [1.54, 1.807) is 13.1 Å². The van der Waals surface area contributed by atoms with Gasteiger partial charge in [-0.15, -0.1) is 0 Å². The van der Waals surface area contributed by atoms with Gasteiger partial charge in [0.05, 0.1) is 0 Å². The number of aromatic nitrogens is 2. The summed E-state index contributed by atoms with van der Waals surface area (Å²) < 4.78 is 24.4. The highest BCUT2D eigenvalue weighted by Crippen LogP contribution is 2.20. The quantitative estimate of drug-likeness (QED) is 0.366. The van der Waals surface area contributed by atoms with Gasteiger partial charge in [-0.3, -0.25) is 9.78 Å². The Labute approximate surface area is 160 Å². The predicted molar refractivity (Wildman–Crippen MR) is 106 cm³/mol. The number of nitrogens with one attached hydrogen (secondary N) is 1. The summed E-state index contributed by atoms with van der Waals surface area (Å²) >= 11 is 0. The average Bonchev–Trinajstić information content (AvgIpc) is 2.63. The Bertz CT molecular complexity index is 628. The molecular formula is C16H32N2O6Si2. The number of rotatable bonds is 12. The summed E-state index contributed by atoms with van der Waals surface area (Å²) in [7, 11) is 1.16.